The van der Waals surface area contributed by atoms with Crippen LogP contribution in [0, 0.1) is 5.41 Å². The van der Waals surface area contributed by atoms with Crippen LogP contribution < -0.4 is 5.32 Å². The maximum absolute atomic E-state index is 11.2. The molecule has 1 saturated heterocycles. The van der Waals surface area contributed by atoms with E-state index in [4.69, 9.17) is 4.74 Å². The van der Waals surface area contributed by atoms with Crippen molar-refractivity contribution >= 4 is 6.09 Å². The third-order valence-electron chi connectivity index (χ3n) is 2.87. The predicted molar refractivity (Wildman–Crippen MR) is 60.8 cm³/mol. The molecule has 0 aromatic rings. The molecule has 3 heteroatoms. The van der Waals surface area contributed by atoms with Crippen molar-refractivity contribution < 1.29 is 9.53 Å². The zero-order valence-electron chi connectivity index (χ0n) is 10.3. The van der Waals surface area contributed by atoms with Gasteiger partial charge in [0.1, 0.15) is 6.10 Å². The van der Waals surface area contributed by atoms with Gasteiger partial charge >= 0.3 is 6.09 Å². The SMILES string of the molecule is CCCCC[C@@H]1NC(=O)O[C@H]1C(C)(C)C. The Kier molecular flexibility index (Phi) is 4.00. The minimum atomic E-state index is -0.253. The van der Waals surface area contributed by atoms with Crippen molar-refractivity contribution in [3.63, 3.8) is 0 Å². The zero-order chi connectivity index (χ0) is 11.5. The zero-order valence-corrected chi connectivity index (χ0v) is 10.3. The molecule has 1 aliphatic rings. The monoisotopic (exact) mass is 213 g/mol. The second-order valence-electron chi connectivity index (χ2n) is 5.44. The van der Waals surface area contributed by atoms with Gasteiger partial charge in [0, 0.05) is 5.41 Å². The number of hydrogen-bond acceptors (Lipinski definition) is 2. The Hall–Kier alpha value is -0.730. The average molecular weight is 213 g/mol. The molecule has 0 aromatic carbocycles. The highest BCUT2D eigenvalue weighted by molar-refractivity contribution is 5.70. The summed E-state index contributed by atoms with van der Waals surface area (Å²) in [7, 11) is 0. The van der Waals surface area contributed by atoms with Gasteiger partial charge in [-0.25, -0.2) is 4.79 Å². The number of ether oxygens (including phenoxy) is 1. The van der Waals surface area contributed by atoms with E-state index in [1.165, 1.54) is 12.8 Å². The van der Waals surface area contributed by atoms with Crippen molar-refractivity contribution in [2.24, 2.45) is 5.41 Å². The fourth-order valence-electron chi connectivity index (χ4n) is 2.08. The third kappa shape index (κ3) is 3.40. The molecular weight excluding hydrogens is 190 g/mol. The van der Waals surface area contributed by atoms with Crippen molar-refractivity contribution in [3.8, 4) is 0 Å². The van der Waals surface area contributed by atoms with Gasteiger partial charge in [0.25, 0.3) is 0 Å². The molecule has 88 valence electrons. The van der Waals surface area contributed by atoms with Gasteiger partial charge in [-0.3, -0.25) is 0 Å². The maximum Gasteiger partial charge on any atom is 0.407 e. The average Bonchev–Trinajstić information content (AvgIpc) is 2.47. The number of alkyl carbamates (subject to hydrolysis) is 1. The van der Waals surface area contributed by atoms with Crippen LogP contribution in [-0.4, -0.2) is 18.2 Å². The van der Waals surface area contributed by atoms with Crippen LogP contribution in [0.25, 0.3) is 0 Å². The smallest absolute Gasteiger partial charge is 0.407 e. The molecule has 1 N–H and O–H groups in total. The highest BCUT2D eigenvalue weighted by Crippen LogP contribution is 2.30. The van der Waals surface area contributed by atoms with E-state index in [9.17, 15) is 4.79 Å². The first-order chi connectivity index (χ1) is 6.95. The Morgan fingerprint density at radius 2 is 2.00 bits per heavy atom. The highest BCUT2D eigenvalue weighted by atomic mass is 16.6. The Labute approximate surface area is 92.6 Å². The third-order valence-corrected chi connectivity index (χ3v) is 2.87. The standard InChI is InChI=1S/C12H23NO2/c1-5-6-7-8-9-10(12(2,3)4)15-11(14)13-9/h9-10H,5-8H2,1-4H3,(H,13,14)/t9-,10+/m0/s1. The topological polar surface area (TPSA) is 38.3 Å². The van der Waals surface area contributed by atoms with Crippen LogP contribution in [0.3, 0.4) is 0 Å². The Balaban J connectivity index is 2.50. The summed E-state index contributed by atoms with van der Waals surface area (Å²) in [4.78, 5) is 11.2. The Morgan fingerprint density at radius 3 is 2.53 bits per heavy atom. The highest BCUT2D eigenvalue weighted by Gasteiger charge is 2.41. The summed E-state index contributed by atoms with van der Waals surface area (Å²) >= 11 is 0. The van der Waals surface area contributed by atoms with Crippen molar-refractivity contribution in [1.29, 1.82) is 0 Å². The lowest BCUT2D eigenvalue weighted by Crippen LogP contribution is -2.39. The van der Waals surface area contributed by atoms with Crippen LogP contribution in [0.2, 0.25) is 0 Å². The van der Waals surface area contributed by atoms with E-state index in [1.54, 1.807) is 0 Å². The summed E-state index contributed by atoms with van der Waals surface area (Å²) in [6, 6.07) is 0.198. The molecule has 2 atom stereocenters. The first-order valence-corrected chi connectivity index (χ1v) is 5.92. The lowest BCUT2D eigenvalue weighted by Gasteiger charge is -2.29. The van der Waals surface area contributed by atoms with Crippen LogP contribution in [0.15, 0.2) is 0 Å². The van der Waals surface area contributed by atoms with Gasteiger partial charge in [-0.1, -0.05) is 47.0 Å². The molecule has 0 unspecified atom stereocenters. The number of carbonyl (C=O) groups excluding carboxylic acids is 1. The number of cyclic esters (lactones) is 1. The summed E-state index contributed by atoms with van der Waals surface area (Å²) in [5, 5.41) is 2.91. The summed E-state index contributed by atoms with van der Waals surface area (Å²) in [5.41, 5.74) is 0.0239. The molecule has 0 aromatic heterocycles. The van der Waals surface area contributed by atoms with Gasteiger partial charge in [-0.2, -0.15) is 0 Å². The van der Waals surface area contributed by atoms with Gasteiger partial charge in [0.05, 0.1) is 6.04 Å². The first kappa shape index (κ1) is 12.3. The largest absolute Gasteiger partial charge is 0.443 e. The van der Waals surface area contributed by atoms with Gasteiger partial charge < -0.3 is 10.1 Å². The van der Waals surface area contributed by atoms with E-state index in [1.807, 2.05) is 0 Å². The number of rotatable bonds is 4. The van der Waals surface area contributed by atoms with Gasteiger partial charge in [0.2, 0.25) is 0 Å². The second kappa shape index (κ2) is 4.86. The normalized spacial score (nSPS) is 26.3. The van der Waals surface area contributed by atoms with Crippen LogP contribution in [0.4, 0.5) is 4.79 Å². The number of hydrogen-bond donors (Lipinski definition) is 1. The minimum Gasteiger partial charge on any atom is -0.443 e. The van der Waals surface area contributed by atoms with E-state index in [0.717, 1.165) is 12.8 Å². The quantitative estimate of drug-likeness (QED) is 0.729. The molecule has 0 aliphatic carbocycles. The van der Waals surface area contributed by atoms with E-state index < -0.39 is 0 Å². The fourth-order valence-corrected chi connectivity index (χ4v) is 2.08. The predicted octanol–water partition coefficient (Wildman–Crippen LogP) is 3.09. The Bertz CT molecular complexity index is 220. The number of amides is 1. The molecule has 0 spiro atoms. The fraction of sp³-hybridized carbons (Fsp3) is 0.917. The molecule has 3 nitrogen and oxygen atoms in total. The second-order valence-corrected chi connectivity index (χ2v) is 5.44. The van der Waals surface area contributed by atoms with E-state index in [0.29, 0.717) is 0 Å². The molecule has 1 aliphatic heterocycles. The van der Waals surface area contributed by atoms with E-state index in [2.05, 4.69) is 33.0 Å². The molecule has 15 heavy (non-hydrogen) atoms. The molecular formula is C12H23NO2. The summed E-state index contributed by atoms with van der Waals surface area (Å²) in [5.74, 6) is 0. The van der Waals surface area contributed by atoms with Crippen LogP contribution in [0.5, 0.6) is 0 Å². The lowest BCUT2D eigenvalue weighted by atomic mass is 9.83. The van der Waals surface area contributed by atoms with Crippen molar-refractivity contribution in [1.82, 2.24) is 5.32 Å². The molecule has 0 saturated carbocycles. The number of carbonyl (C=O) groups is 1. The van der Waals surface area contributed by atoms with Crippen molar-refractivity contribution in [3.05, 3.63) is 0 Å². The molecule has 1 amide bonds. The molecule has 1 rings (SSSR count). The van der Waals surface area contributed by atoms with Crippen LogP contribution in [0.1, 0.15) is 53.4 Å². The molecule has 0 radical (unpaired) electrons. The van der Waals surface area contributed by atoms with E-state index >= 15 is 0 Å². The van der Waals surface area contributed by atoms with E-state index in [-0.39, 0.29) is 23.7 Å². The number of nitrogens with one attached hydrogen (secondary N) is 1. The summed E-state index contributed by atoms with van der Waals surface area (Å²) in [6.07, 6.45) is 4.39. The van der Waals surface area contributed by atoms with Crippen LogP contribution >= 0.6 is 0 Å². The van der Waals surface area contributed by atoms with Crippen LogP contribution in [-0.2, 0) is 4.74 Å². The molecule has 1 heterocycles. The van der Waals surface area contributed by atoms with Crippen molar-refractivity contribution in [2.75, 3.05) is 0 Å². The first-order valence-electron chi connectivity index (χ1n) is 5.92. The lowest BCUT2D eigenvalue weighted by molar-refractivity contribution is 0.0540. The van der Waals surface area contributed by atoms with Gasteiger partial charge in [-0.15, -0.1) is 0 Å². The molecule has 0 bridgehead atoms. The maximum atomic E-state index is 11.2. The van der Waals surface area contributed by atoms with Gasteiger partial charge in [0.15, 0.2) is 0 Å². The number of unbranched alkanes of at least 4 members (excludes halogenated alkanes) is 2. The van der Waals surface area contributed by atoms with Gasteiger partial charge in [-0.05, 0) is 6.42 Å². The Morgan fingerprint density at radius 1 is 1.33 bits per heavy atom. The minimum absolute atomic E-state index is 0.0156. The molecule has 1 fully saturated rings. The summed E-state index contributed by atoms with van der Waals surface area (Å²) in [6.45, 7) is 8.53. The summed E-state index contributed by atoms with van der Waals surface area (Å²) < 4.78 is 5.32. The van der Waals surface area contributed by atoms with Crippen molar-refractivity contribution in [2.45, 2.75) is 65.5 Å².